The van der Waals surface area contributed by atoms with Crippen molar-refractivity contribution in [3.8, 4) is 5.75 Å². The van der Waals surface area contributed by atoms with Gasteiger partial charge in [0.1, 0.15) is 17.9 Å². The number of aldehydes is 1. The number of nitrogens with zero attached hydrogens (tertiary/aromatic N) is 1. The quantitative estimate of drug-likeness (QED) is 0.543. The van der Waals surface area contributed by atoms with Crippen LogP contribution in [0.1, 0.15) is 5.56 Å². The molecule has 0 radical (unpaired) electrons. The van der Waals surface area contributed by atoms with Gasteiger partial charge in [-0.15, -0.1) is 0 Å². The molecule has 72 valence electrons. The van der Waals surface area contributed by atoms with Crippen molar-refractivity contribution in [3.63, 3.8) is 0 Å². The molecule has 0 N–H and O–H groups in total. The van der Waals surface area contributed by atoms with Crippen LogP contribution in [0.25, 0.3) is 4.85 Å². The molecule has 1 aromatic carbocycles. The fraction of sp³-hybridized carbons (Fsp3) is 0.200. The van der Waals surface area contributed by atoms with Crippen LogP contribution in [0.15, 0.2) is 12.1 Å². The van der Waals surface area contributed by atoms with Crippen LogP contribution in [0.4, 0.5) is 10.1 Å². The van der Waals surface area contributed by atoms with E-state index in [1.807, 2.05) is 0 Å². The number of methoxy groups -OCH3 is 1. The molecule has 0 aliphatic carbocycles. The molecule has 0 fully saturated rings. The summed E-state index contributed by atoms with van der Waals surface area (Å²) in [4.78, 5) is 13.3. The molecule has 0 saturated heterocycles. The van der Waals surface area contributed by atoms with Gasteiger partial charge < -0.3 is 9.53 Å². The number of halogens is 1. The van der Waals surface area contributed by atoms with Crippen molar-refractivity contribution in [2.75, 3.05) is 7.11 Å². The molecule has 0 bridgehead atoms. The summed E-state index contributed by atoms with van der Waals surface area (Å²) >= 11 is 0. The number of carbonyl (C=O) groups excluding carboxylic acids is 1. The summed E-state index contributed by atoms with van der Waals surface area (Å²) in [5.74, 6) is -0.262. The second-order valence-corrected chi connectivity index (χ2v) is 2.60. The number of carbonyl (C=O) groups is 1. The van der Waals surface area contributed by atoms with Crippen LogP contribution in [-0.4, -0.2) is 13.4 Å². The van der Waals surface area contributed by atoms with Crippen LogP contribution in [0.2, 0.25) is 0 Å². The van der Waals surface area contributed by atoms with Crippen LogP contribution >= 0.6 is 0 Å². The van der Waals surface area contributed by atoms with Gasteiger partial charge in [-0.1, -0.05) is 0 Å². The second-order valence-electron chi connectivity index (χ2n) is 2.60. The Hall–Kier alpha value is -1.89. The van der Waals surface area contributed by atoms with Gasteiger partial charge >= 0.3 is 0 Å². The summed E-state index contributed by atoms with van der Waals surface area (Å²) in [7, 11) is 1.40. The van der Waals surface area contributed by atoms with Gasteiger partial charge in [0.05, 0.1) is 13.7 Å². The average Bonchev–Trinajstić information content (AvgIpc) is 2.20. The first-order valence-electron chi connectivity index (χ1n) is 3.90. The van der Waals surface area contributed by atoms with Gasteiger partial charge in [-0.05, 0) is 17.7 Å². The average molecular weight is 193 g/mol. The maximum atomic E-state index is 13.2. The molecule has 0 aromatic heterocycles. The number of hydrogen-bond acceptors (Lipinski definition) is 2. The third-order valence-electron chi connectivity index (χ3n) is 1.77. The normalized spacial score (nSPS) is 9.21. The lowest BCUT2D eigenvalue weighted by atomic mass is 10.1. The van der Waals surface area contributed by atoms with E-state index < -0.39 is 5.82 Å². The van der Waals surface area contributed by atoms with Crippen molar-refractivity contribution in [1.29, 1.82) is 0 Å². The molecular weight excluding hydrogens is 185 g/mol. The molecule has 0 spiro atoms. The minimum absolute atomic E-state index is 0.0134. The lowest BCUT2D eigenvalue weighted by Crippen LogP contribution is -1.93. The van der Waals surface area contributed by atoms with Crippen molar-refractivity contribution >= 4 is 12.0 Å². The number of ether oxygens (including phenoxy) is 1. The molecular formula is C10H8FNO2. The minimum atomic E-state index is -0.552. The molecule has 14 heavy (non-hydrogen) atoms. The first-order valence-corrected chi connectivity index (χ1v) is 3.90. The highest BCUT2D eigenvalue weighted by molar-refractivity contribution is 5.62. The van der Waals surface area contributed by atoms with Gasteiger partial charge in [0, 0.05) is 6.42 Å². The summed E-state index contributed by atoms with van der Waals surface area (Å²) < 4.78 is 18.1. The summed E-state index contributed by atoms with van der Waals surface area (Å²) in [6.45, 7) is 6.77. The molecule has 4 heteroatoms. The van der Waals surface area contributed by atoms with E-state index in [-0.39, 0.29) is 17.7 Å². The molecule has 0 heterocycles. The van der Waals surface area contributed by atoms with Crippen LogP contribution in [0.5, 0.6) is 5.75 Å². The zero-order valence-corrected chi connectivity index (χ0v) is 7.58. The SMILES string of the molecule is [C-]#[N+]c1cc(F)c(CC=O)cc1OC. The third-order valence-corrected chi connectivity index (χ3v) is 1.77. The standard InChI is InChI=1S/C10H8FNO2/c1-12-9-6-8(11)7(3-4-13)5-10(9)14-2/h4-6H,3H2,2H3. The molecule has 0 atom stereocenters. The lowest BCUT2D eigenvalue weighted by Gasteiger charge is -2.05. The van der Waals surface area contributed by atoms with E-state index in [0.29, 0.717) is 12.0 Å². The van der Waals surface area contributed by atoms with E-state index in [9.17, 15) is 9.18 Å². The van der Waals surface area contributed by atoms with Gasteiger partial charge in [-0.3, -0.25) is 0 Å². The van der Waals surface area contributed by atoms with Gasteiger partial charge in [-0.2, -0.15) is 0 Å². The molecule has 1 rings (SSSR count). The molecule has 0 unspecified atom stereocenters. The largest absolute Gasteiger partial charge is 0.508 e. The fourth-order valence-corrected chi connectivity index (χ4v) is 1.08. The second kappa shape index (κ2) is 4.38. The highest BCUT2D eigenvalue weighted by Crippen LogP contribution is 2.30. The first-order chi connectivity index (χ1) is 6.72. The Kier molecular flexibility index (Phi) is 3.19. The van der Waals surface area contributed by atoms with Gasteiger partial charge in [0.2, 0.25) is 5.69 Å². The van der Waals surface area contributed by atoms with Crippen molar-refractivity contribution in [3.05, 3.63) is 34.9 Å². The Bertz CT molecular complexity index is 396. The fourth-order valence-electron chi connectivity index (χ4n) is 1.08. The zero-order chi connectivity index (χ0) is 10.6. The molecule has 0 saturated carbocycles. The van der Waals surface area contributed by atoms with Crippen LogP contribution < -0.4 is 4.74 Å². The first kappa shape index (κ1) is 10.2. The van der Waals surface area contributed by atoms with E-state index >= 15 is 0 Å². The van der Waals surface area contributed by atoms with Crippen LogP contribution in [0, 0.1) is 12.4 Å². The van der Waals surface area contributed by atoms with E-state index in [1.54, 1.807) is 0 Å². The van der Waals surface area contributed by atoms with E-state index in [4.69, 9.17) is 11.3 Å². The monoisotopic (exact) mass is 193 g/mol. The summed E-state index contributed by atoms with van der Waals surface area (Å²) in [5.41, 5.74) is 0.351. The van der Waals surface area contributed by atoms with E-state index in [1.165, 1.54) is 13.2 Å². The molecule has 0 amide bonds. The summed E-state index contributed by atoms with van der Waals surface area (Å²) in [5, 5.41) is 0. The van der Waals surface area contributed by atoms with Crippen molar-refractivity contribution in [2.24, 2.45) is 0 Å². The number of benzene rings is 1. The van der Waals surface area contributed by atoms with Crippen molar-refractivity contribution in [1.82, 2.24) is 0 Å². The van der Waals surface area contributed by atoms with E-state index in [2.05, 4.69) is 4.85 Å². The Morgan fingerprint density at radius 1 is 1.64 bits per heavy atom. The number of hydrogen-bond donors (Lipinski definition) is 0. The molecule has 0 aliphatic heterocycles. The Balaban J connectivity index is 3.24. The third kappa shape index (κ3) is 1.88. The van der Waals surface area contributed by atoms with Gasteiger partial charge in [0.25, 0.3) is 0 Å². The predicted molar refractivity (Wildman–Crippen MR) is 49.0 cm³/mol. The van der Waals surface area contributed by atoms with E-state index in [0.717, 1.165) is 6.07 Å². The molecule has 0 aliphatic rings. The smallest absolute Gasteiger partial charge is 0.230 e. The summed E-state index contributed by atoms with van der Waals surface area (Å²) in [6, 6.07) is 2.45. The van der Waals surface area contributed by atoms with Crippen molar-refractivity contribution < 1.29 is 13.9 Å². The highest BCUT2D eigenvalue weighted by Gasteiger charge is 2.09. The zero-order valence-electron chi connectivity index (χ0n) is 7.58. The molecule has 1 aromatic rings. The topological polar surface area (TPSA) is 30.7 Å². The Morgan fingerprint density at radius 3 is 2.86 bits per heavy atom. The maximum absolute atomic E-state index is 13.2. The Labute approximate surface area is 80.9 Å². The maximum Gasteiger partial charge on any atom is 0.230 e. The van der Waals surface area contributed by atoms with Crippen molar-refractivity contribution in [2.45, 2.75) is 6.42 Å². The molecule has 3 nitrogen and oxygen atoms in total. The van der Waals surface area contributed by atoms with Gasteiger partial charge in [0.15, 0.2) is 0 Å². The highest BCUT2D eigenvalue weighted by atomic mass is 19.1. The predicted octanol–water partition coefficient (Wildman–Crippen LogP) is 2.13. The minimum Gasteiger partial charge on any atom is -0.508 e. The number of rotatable bonds is 3. The Morgan fingerprint density at radius 2 is 2.36 bits per heavy atom. The lowest BCUT2D eigenvalue weighted by molar-refractivity contribution is -0.107. The summed E-state index contributed by atoms with van der Waals surface area (Å²) in [6.07, 6.45) is 0.593. The van der Waals surface area contributed by atoms with Crippen LogP contribution in [-0.2, 0) is 11.2 Å². The van der Waals surface area contributed by atoms with Gasteiger partial charge in [-0.25, -0.2) is 9.24 Å². The van der Waals surface area contributed by atoms with Crippen LogP contribution in [0.3, 0.4) is 0 Å².